The molecule has 10 heteroatoms. The van der Waals surface area contributed by atoms with E-state index in [1.54, 1.807) is 12.1 Å². The maximum absolute atomic E-state index is 13.4. The summed E-state index contributed by atoms with van der Waals surface area (Å²) in [6, 6.07) is 9.88. The van der Waals surface area contributed by atoms with Gasteiger partial charge in [-0.1, -0.05) is 12.1 Å². The number of halogens is 3. The number of hydrogen-bond acceptors (Lipinski definition) is 5. The van der Waals surface area contributed by atoms with Gasteiger partial charge >= 0.3 is 6.18 Å². The van der Waals surface area contributed by atoms with E-state index in [1.807, 2.05) is 0 Å². The van der Waals surface area contributed by atoms with E-state index in [1.165, 1.54) is 31.4 Å². The van der Waals surface area contributed by atoms with Crippen LogP contribution >= 0.6 is 0 Å². The van der Waals surface area contributed by atoms with Gasteiger partial charge in [0.15, 0.2) is 0 Å². The van der Waals surface area contributed by atoms with Crippen LogP contribution in [0.25, 0.3) is 0 Å². The lowest BCUT2D eigenvalue weighted by Gasteiger charge is -2.36. The molecule has 2 fully saturated rings. The SMILES string of the molecule is COc1ccc(Oc2ccc(CNC(=O)C3(NC(=O)CC4CC4)CCOCC3)cc2)c(C(F)(F)F)c1. The van der Waals surface area contributed by atoms with Gasteiger partial charge in [0.2, 0.25) is 11.8 Å². The summed E-state index contributed by atoms with van der Waals surface area (Å²) in [5.41, 5.74) is -1.22. The molecule has 0 radical (unpaired) electrons. The van der Waals surface area contributed by atoms with Crippen LogP contribution in [0.15, 0.2) is 42.5 Å². The maximum atomic E-state index is 13.4. The summed E-state index contributed by atoms with van der Waals surface area (Å²) in [6.45, 7) is 0.958. The topological polar surface area (TPSA) is 85.9 Å². The highest BCUT2D eigenvalue weighted by Crippen LogP contribution is 2.40. The van der Waals surface area contributed by atoms with E-state index in [0.29, 0.717) is 38.4 Å². The zero-order valence-corrected chi connectivity index (χ0v) is 20.0. The summed E-state index contributed by atoms with van der Waals surface area (Å²) in [6.07, 6.45) is -1.29. The second-order valence-electron chi connectivity index (χ2n) is 9.18. The Hall–Kier alpha value is -3.27. The zero-order chi connectivity index (χ0) is 25.8. The van der Waals surface area contributed by atoms with Crippen molar-refractivity contribution in [2.75, 3.05) is 20.3 Å². The largest absolute Gasteiger partial charge is 0.497 e. The third kappa shape index (κ3) is 6.48. The zero-order valence-electron chi connectivity index (χ0n) is 20.0. The molecule has 2 aromatic carbocycles. The van der Waals surface area contributed by atoms with E-state index in [9.17, 15) is 22.8 Å². The van der Waals surface area contributed by atoms with Gasteiger partial charge in [0, 0.05) is 39.0 Å². The van der Waals surface area contributed by atoms with Crippen molar-refractivity contribution in [2.24, 2.45) is 5.92 Å². The Morgan fingerprint density at radius 3 is 2.33 bits per heavy atom. The van der Waals surface area contributed by atoms with Gasteiger partial charge in [-0.2, -0.15) is 13.2 Å². The van der Waals surface area contributed by atoms with Crippen LogP contribution in [0, 0.1) is 5.92 Å². The Bertz CT molecular complexity index is 1080. The highest BCUT2D eigenvalue weighted by Gasteiger charge is 2.42. The van der Waals surface area contributed by atoms with Gasteiger partial charge in [-0.05, 0) is 54.7 Å². The van der Waals surface area contributed by atoms with Crippen molar-refractivity contribution < 1.29 is 37.0 Å². The summed E-state index contributed by atoms with van der Waals surface area (Å²) in [5.74, 6) is -0.0273. The quantitative estimate of drug-likeness (QED) is 0.520. The van der Waals surface area contributed by atoms with Crippen molar-refractivity contribution in [3.8, 4) is 17.2 Å². The first kappa shape index (κ1) is 25.8. The number of nitrogens with one attached hydrogen (secondary N) is 2. The van der Waals surface area contributed by atoms with Crippen molar-refractivity contribution in [3.05, 3.63) is 53.6 Å². The molecule has 0 atom stereocenters. The molecule has 2 aliphatic rings. The molecule has 1 aliphatic heterocycles. The first-order valence-electron chi connectivity index (χ1n) is 11.9. The highest BCUT2D eigenvalue weighted by molar-refractivity contribution is 5.91. The fraction of sp³-hybridized carbons (Fsp3) is 0.462. The molecule has 1 aliphatic carbocycles. The van der Waals surface area contributed by atoms with Crippen LogP contribution in [0.2, 0.25) is 0 Å². The van der Waals surface area contributed by atoms with Crippen LogP contribution in [-0.4, -0.2) is 37.7 Å². The lowest BCUT2D eigenvalue weighted by Crippen LogP contribution is -2.61. The molecule has 1 saturated carbocycles. The monoisotopic (exact) mass is 506 g/mol. The average Bonchev–Trinajstić information content (AvgIpc) is 3.67. The summed E-state index contributed by atoms with van der Waals surface area (Å²) < 4.78 is 56.0. The number of methoxy groups -OCH3 is 1. The normalized spacial score (nSPS) is 17.2. The predicted octanol–water partition coefficient (Wildman–Crippen LogP) is 4.59. The van der Waals surface area contributed by atoms with Crippen LogP contribution in [0.1, 0.15) is 43.2 Å². The van der Waals surface area contributed by atoms with Gasteiger partial charge < -0.3 is 24.8 Å². The molecule has 0 aromatic heterocycles. The second kappa shape index (κ2) is 10.8. The molecule has 0 unspecified atom stereocenters. The molecular formula is C26H29F3N2O5. The van der Waals surface area contributed by atoms with E-state index in [4.69, 9.17) is 14.2 Å². The number of carbonyl (C=O) groups excluding carboxylic acids is 2. The Morgan fingerprint density at radius 1 is 1.06 bits per heavy atom. The first-order valence-corrected chi connectivity index (χ1v) is 11.9. The van der Waals surface area contributed by atoms with Crippen LogP contribution in [0.5, 0.6) is 17.2 Å². The Labute approximate surface area is 207 Å². The van der Waals surface area contributed by atoms with E-state index >= 15 is 0 Å². The molecule has 2 N–H and O–H groups in total. The average molecular weight is 507 g/mol. The molecule has 1 heterocycles. The third-order valence-electron chi connectivity index (χ3n) is 6.43. The predicted molar refractivity (Wildman–Crippen MR) is 125 cm³/mol. The molecular weight excluding hydrogens is 477 g/mol. The number of hydrogen-bond donors (Lipinski definition) is 2. The Balaban J connectivity index is 1.38. The molecule has 2 aromatic rings. The maximum Gasteiger partial charge on any atom is 0.420 e. The van der Waals surface area contributed by atoms with Crippen LogP contribution < -0.4 is 20.1 Å². The van der Waals surface area contributed by atoms with Crippen molar-refractivity contribution >= 4 is 11.8 Å². The molecule has 2 amide bonds. The Morgan fingerprint density at radius 2 is 1.72 bits per heavy atom. The minimum Gasteiger partial charge on any atom is -0.497 e. The number of ether oxygens (including phenoxy) is 3. The Kier molecular flexibility index (Phi) is 7.73. The summed E-state index contributed by atoms with van der Waals surface area (Å²) in [5, 5.41) is 5.83. The first-order chi connectivity index (χ1) is 17.2. The minimum absolute atomic E-state index is 0.0757. The number of amides is 2. The van der Waals surface area contributed by atoms with Crippen molar-refractivity contribution in [3.63, 3.8) is 0 Å². The third-order valence-corrected chi connectivity index (χ3v) is 6.43. The van der Waals surface area contributed by atoms with Crippen LogP contribution in [0.4, 0.5) is 13.2 Å². The highest BCUT2D eigenvalue weighted by atomic mass is 19.4. The van der Waals surface area contributed by atoms with E-state index in [2.05, 4.69) is 10.6 Å². The smallest absolute Gasteiger partial charge is 0.420 e. The second-order valence-corrected chi connectivity index (χ2v) is 9.18. The fourth-order valence-electron chi connectivity index (χ4n) is 4.13. The van der Waals surface area contributed by atoms with Gasteiger partial charge in [-0.3, -0.25) is 9.59 Å². The molecule has 4 rings (SSSR count). The van der Waals surface area contributed by atoms with Gasteiger partial charge in [-0.15, -0.1) is 0 Å². The number of benzene rings is 2. The lowest BCUT2D eigenvalue weighted by molar-refractivity contribution is -0.138. The summed E-state index contributed by atoms with van der Waals surface area (Å²) in [7, 11) is 1.29. The van der Waals surface area contributed by atoms with Crippen molar-refractivity contribution in [1.29, 1.82) is 0 Å². The standard InChI is InChI=1S/C26H29F3N2O5/c1-34-20-8-9-22(21(15-20)26(27,28)29)36-19-6-4-18(5-7-19)16-30-24(33)25(10-12-35-13-11-25)31-23(32)14-17-2-3-17/h4-9,15,17H,2-3,10-14,16H2,1H3,(H,30,33)(H,31,32). The molecule has 7 nitrogen and oxygen atoms in total. The fourth-order valence-corrected chi connectivity index (χ4v) is 4.13. The van der Waals surface area contributed by atoms with Gasteiger partial charge in [0.05, 0.1) is 7.11 Å². The number of carbonyl (C=O) groups is 2. The van der Waals surface area contributed by atoms with E-state index in [-0.39, 0.29) is 35.6 Å². The van der Waals surface area contributed by atoms with Crippen LogP contribution in [-0.2, 0) is 27.0 Å². The van der Waals surface area contributed by atoms with E-state index < -0.39 is 17.3 Å². The molecule has 0 bridgehead atoms. The summed E-state index contributed by atoms with van der Waals surface area (Å²) in [4.78, 5) is 25.5. The summed E-state index contributed by atoms with van der Waals surface area (Å²) >= 11 is 0. The number of alkyl halides is 3. The van der Waals surface area contributed by atoms with Crippen LogP contribution in [0.3, 0.4) is 0 Å². The van der Waals surface area contributed by atoms with Gasteiger partial charge in [0.25, 0.3) is 0 Å². The molecule has 194 valence electrons. The van der Waals surface area contributed by atoms with E-state index in [0.717, 1.165) is 24.5 Å². The molecule has 0 spiro atoms. The number of rotatable bonds is 9. The van der Waals surface area contributed by atoms with Gasteiger partial charge in [0.1, 0.15) is 28.4 Å². The van der Waals surface area contributed by atoms with Crippen molar-refractivity contribution in [1.82, 2.24) is 10.6 Å². The minimum atomic E-state index is -4.61. The molecule has 36 heavy (non-hydrogen) atoms. The molecule has 1 saturated heterocycles. The van der Waals surface area contributed by atoms with Crippen molar-refractivity contribution in [2.45, 2.75) is 50.4 Å². The van der Waals surface area contributed by atoms with Gasteiger partial charge in [-0.25, -0.2) is 0 Å². The lowest BCUT2D eigenvalue weighted by atomic mass is 9.88.